The molecule has 160 valence electrons. The van der Waals surface area contributed by atoms with Crippen LogP contribution in [0.4, 0.5) is 13.2 Å². The molecule has 0 aliphatic rings. The fourth-order valence-corrected chi connectivity index (χ4v) is 4.31. The van der Waals surface area contributed by atoms with Crippen LogP contribution in [0.2, 0.25) is 0 Å². The first kappa shape index (κ1) is 21.0. The largest absolute Gasteiger partial charge is 0.458 e. The third-order valence-corrected chi connectivity index (χ3v) is 6.03. The molecule has 0 radical (unpaired) electrons. The number of hydrogen-bond acceptors (Lipinski definition) is 5. The predicted octanol–water partition coefficient (Wildman–Crippen LogP) is 5.10. The Bertz CT molecular complexity index is 1380. The zero-order valence-corrected chi connectivity index (χ0v) is 17.4. The van der Waals surface area contributed by atoms with Crippen molar-refractivity contribution in [2.75, 3.05) is 0 Å². The lowest BCUT2D eigenvalue weighted by atomic mass is 9.96. The first-order valence-corrected chi connectivity index (χ1v) is 10.3. The Morgan fingerprint density at radius 2 is 1.97 bits per heavy atom. The van der Waals surface area contributed by atoms with Crippen molar-refractivity contribution in [1.82, 2.24) is 9.97 Å². The molecule has 4 rings (SSSR count). The van der Waals surface area contributed by atoms with Gasteiger partial charge in [0.25, 0.3) is 5.56 Å². The first-order valence-electron chi connectivity index (χ1n) is 9.51. The van der Waals surface area contributed by atoms with Crippen LogP contribution < -0.4 is 5.56 Å². The van der Waals surface area contributed by atoms with Crippen LogP contribution in [-0.2, 0) is 16.1 Å². The number of aromatic amines is 1. The normalized spacial score (nSPS) is 12.4. The molecule has 0 aliphatic heterocycles. The van der Waals surface area contributed by atoms with Crippen LogP contribution in [0.3, 0.4) is 0 Å². The summed E-state index contributed by atoms with van der Waals surface area (Å²) < 4.78 is 46.2. The minimum absolute atomic E-state index is 0.115. The van der Waals surface area contributed by atoms with Gasteiger partial charge >= 0.3 is 5.97 Å². The van der Waals surface area contributed by atoms with E-state index in [9.17, 15) is 22.8 Å². The van der Waals surface area contributed by atoms with Crippen molar-refractivity contribution in [3.8, 4) is 0 Å². The van der Waals surface area contributed by atoms with Gasteiger partial charge in [0.15, 0.2) is 11.6 Å². The van der Waals surface area contributed by atoms with Gasteiger partial charge in [0.05, 0.1) is 10.6 Å². The summed E-state index contributed by atoms with van der Waals surface area (Å²) in [5.74, 6) is -5.01. The van der Waals surface area contributed by atoms with E-state index in [1.165, 1.54) is 0 Å². The molecule has 0 aliphatic carbocycles. The summed E-state index contributed by atoms with van der Waals surface area (Å²) in [6.07, 6.45) is 0.313. The summed E-state index contributed by atoms with van der Waals surface area (Å²) in [4.78, 5) is 31.9. The third kappa shape index (κ3) is 3.93. The number of aryl methyl sites for hydroxylation is 1. The minimum atomic E-state index is -1.34. The van der Waals surface area contributed by atoms with Crippen molar-refractivity contribution in [2.24, 2.45) is 0 Å². The van der Waals surface area contributed by atoms with Gasteiger partial charge in [0.2, 0.25) is 0 Å². The van der Waals surface area contributed by atoms with Gasteiger partial charge in [0, 0.05) is 17.1 Å². The number of benzene rings is 2. The molecule has 0 saturated heterocycles. The summed E-state index contributed by atoms with van der Waals surface area (Å²) in [6, 6.07) is 7.71. The van der Waals surface area contributed by atoms with E-state index in [4.69, 9.17) is 4.74 Å². The molecule has 2 heterocycles. The van der Waals surface area contributed by atoms with E-state index < -0.39 is 34.9 Å². The Morgan fingerprint density at radius 3 is 2.71 bits per heavy atom. The SMILES string of the molecule is CCC(C(=O)OCc1nc2c(F)c(F)cc(F)c2s1)c1cc2ccc(C)cc2[nH]c1=O. The lowest BCUT2D eigenvalue weighted by Gasteiger charge is -2.14. The van der Waals surface area contributed by atoms with Crippen LogP contribution in [0.5, 0.6) is 0 Å². The van der Waals surface area contributed by atoms with Gasteiger partial charge < -0.3 is 9.72 Å². The highest BCUT2D eigenvalue weighted by atomic mass is 32.1. The number of hydrogen-bond donors (Lipinski definition) is 1. The molecular weight excluding hydrogens is 429 g/mol. The van der Waals surface area contributed by atoms with Crippen molar-refractivity contribution >= 4 is 38.4 Å². The molecule has 4 aromatic rings. The monoisotopic (exact) mass is 446 g/mol. The molecule has 5 nitrogen and oxygen atoms in total. The molecule has 31 heavy (non-hydrogen) atoms. The summed E-state index contributed by atoms with van der Waals surface area (Å²) in [7, 11) is 0. The molecule has 0 spiro atoms. The summed E-state index contributed by atoms with van der Waals surface area (Å²) in [5.41, 5.74) is 1.10. The number of carbonyl (C=O) groups is 1. The number of pyridine rings is 1. The van der Waals surface area contributed by atoms with E-state index in [1.807, 2.05) is 25.1 Å². The van der Waals surface area contributed by atoms with Gasteiger partial charge in [-0.2, -0.15) is 0 Å². The lowest BCUT2D eigenvalue weighted by Crippen LogP contribution is -2.23. The number of fused-ring (bicyclic) bond motifs is 2. The van der Waals surface area contributed by atoms with E-state index in [-0.39, 0.29) is 27.4 Å². The first-order chi connectivity index (χ1) is 14.8. The van der Waals surface area contributed by atoms with E-state index in [0.717, 1.165) is 22.3 Å². The number of thiazole rings is 1. The molecule has 0 fully saturated rings. The molecule has 0 bridgehead atoms. The van der Waals surface area contributed by atoms with Gasteiger partial charge in [-0.05, 0) is 36.4 Å². The summed E-state index contributed by atoms with van der Waals surface area (Å²) >= 11 is 0.772. The summed E-state index contributed by atoms with van der Waals surface area (Å²) in [5, 5.41) is 0.898. The lowest BCUT2D eigenvalue weighted by molar-refractivity contribution is -0.146. The second-order valence-electron chi connectivity index (χ2n) is 7.15. The van der Waals surface area contributed by atoms with Crippen LogP contribution in [0.25, 0.3) is 21.1 Å². The molecule has 9 heteroatoms. The van der Waals surface area contributed by atoms with Gasteiger partial charge in [-0.15, -0.1) is 11.3 Å². The fourth-order valence-electron chi connectivity index (χ4n) is 3.43. The molecule has 0 amide bonds. The second kappa shape index (κ2) is 8.14. The van der Waals surface area contributed by atoms with Crippen molar-refractivity contribution in [3.63, 3.8) is 0 Å². The van der Waals surface area contributed by atoms with Crippen molar-refractivity contribution in [1.29, 1.82) is 0 Å². The van der Waals surface area contributed by atoms with Crippen molar-refractivity contribution < 1.29 is 22.7 Å². The number of esters is 1. The van der Waals surface area contributed by atoms with E-state index >= 15 is 0 Å². The fraction of sp³-hybridized carbons (Fsp3) is 0.227. The maximum absolute atomic E-state index is 13.9. The highest BCUT2D eigenvalue weighted by molar-refractivity contribution is 7.18. The molecule has 1 N–H and O–H groups in total. The number of nitrogens with one attached hydrogen (secondary N) is 1. The van der Waals surface area contributed by atoms with Crippen LogP contribution in [0, 0.1) is 24.4 Å². The average Bonchev–Trinajstić information content (AvgIpc) is 3.17. The van der Waals surface area contributed by atoms with Crippen LogP contribution >= 0.6 is 11.3 Å². The van der Waals surface area contributed by atoms with Gasteiger partial charge in [0.1, 0.15) is 22.9 Å². The Morgan fingerprint density at radius 1 is 1.19 bits per heavy atom. The Hall–Kier alpha value is -3.20. The van der Waals surface area contributed by atoms with Gasteiger partial charge in [-0.1, -0.05) is 19.1 Å². The Balaban J connectivity index is 1.58. The maximum Gasteiger partial charge on any atom is 0.314 e. The highest BCUT2D eigenvalue weighted by Gasteiger charge is 2.25. The third-order valence-electron chi connectivity index (χ3n) is 5.00. The topological polar surface area (TPSA) is 72.0 Å². The van der Waals surface area contributed by atoms with Gasteiger partial charge in [-0.25, -0.2) is 18.2 Å². The number of nitrogens with zero attached hydrogens (tertiary/aromatic N) is 1. The number of ether oxygens (including phenoxy) is 1. The standard InChI is InChI=1S/C22H17F3N2O3S/c1-3-12(13-7-11-5-4-10(2)6-16(11)26-21(13)28)22(29)30-9-17-27-19-18(25)14(23)8-15(24)20(19)31-17/h4-8,12H,3,9H2,1-2H3,(H,26,28). The van der Waals surface area contributed by atoms with Crippen molar-refractivity contribution in [2.45, 2.75) is 32.8 Å². The zero-order chi connectivity index (χ0) is 22.3. The minimum Gasteiger partial charge on any atom is -0.458 e. The molecule has 0 saturated carbocycles. The number of aromatic nitrogens is 2. The Kier molecular flexibility index (Phi) is 5.53. The van der Waals surface area contributed by atoms with E-state index in [2.05, 4.69) is 9.97 Å². The molecule has 1 unspecified atom stereocenters. The number of H-pyrrole nitrogens is 1. The van der Waals surface area contributed by atoms with E-state index in [1.54, 1.807) is 13.0 Å². The number of halogens is 3. The molecule has 2 aromatic carbocycles. The number of rotatable bonds is 5. The zero-order valence-electron chi connectivity index (χ0n) is 16.6. The average molecular weight is 446 g/mol. The van der Waals surface area contributed by atoms with Crippen LogP contribution in [-0.4, -0.2) is 15.9 Å². The van der Waals surface area contributed by atoms with Crippen LogP contribution in [0.15, 0.2) is 35.1 Å². The Labute approximate surface area is 178 Å². The molecular formula is C22H17F3N2O3S. The van der Waals surface area contributed by atoms with Crippen molar-refractivity contribution in [3.05, 3.63) is 74.3 Å². The highest BCUT2D eigenvalue weighted by Crippen LogP contribution is 2.30. The second-order valence-corrected chi connectivity index (χ2v) is 8.24. The maximum atomic E-state index is 13.9. The quantitative estimate of drug-likeness (QED) is 0.342. The summed E-state index contributed by atoms with van der Waals surface area (Å²) in [6.45, 7) is 3.31. The molecule has 1 atom stereocenters. The predicted molar refractivity (Wildman–Crippen MR) is 112 cm³/mol. The van der Waals surface area contributed by atoms with Gasteiger partial charge in [-0.3, -0.25) is 9.59 Å². The number of carbonyl (C=O) groups excluding carboxylic acids is 1. The van der Waals surface area contributed by atoms with E-state index in [0.29, 0.717) is 18.0 Å². The molecule has 2 aromatic heterocycles. The smallest absolute Gasteiger partial charge is 0.314 e. The van der Waals surface area contributed by atoms with Crippen LogP contribution in [0.1, 0.15) is 35.4 Å².